The van der Waals surface area contributed by atoms with Gasteiger partial charge in [0.25, 0.3) is 0 Å². The molecule has 1 aliphatic carbocycles. The van der Waals surface area contributed by atoms with Crippen LogP contribution in [-0.4, -0.2) is 0 Å². The van der Waals surface area contributed by atoms with Crippen molar-refractivity contribution in [2.75, 3.05) is 4.90 Å². The van der Waals surface area contributed by atoms with E-state index < -0.39 is 290 Å². The van der Waals surface area contributed by atoms with Gasteiger partial charge in [0.05, 0.1) is 48.2 Å². The molecule has 0 fully saturated rings. The second-order valence-corrected chi connectivity index (χ2v) is 10.5. The smallest absolute Gasteiger partial charge is 0.0645 e. The van der Waals surface area contributed by atoms with E-state index in [0.29, 0.717) is 0 Å². The average Bonchev–Trinajstić information content (AvgIpc) is 0.657. The van der Waals surface area contributed by atoms with Crippen molar-refractivity contribution < 1.29 is 50.7 Å². The minimum atomic E-state index is -4.21. The molecule has 0 unspecified atom stereocenters. The van der Waals surface area contributed by atoms with Crippen LogP contribution >= 0.6 is 0 Å². The minimum Gasteiger partial charge on any atom is -0.310 e. The molecule has 0 bridgehead atoms. The molecule has 8 aromatic carbocycles. The molecule has 0 N–H and O–H groups in total. The van der Waals surface area contributed by atoms with Gasteiger partial charge in [0.2, 0.25) is 0 Å². The summed E-state index contributed by atoms with van der Waals surface area (Å²) >= 11 is 0. The minimum absolute atomic E-state index is 0.170. The normalized spacial score (nSPS) is 23.7. The quantitative estimate of drug-likeness (QED) is 0.169. The Bertz CT molecular complexity index is 4200. The summed E-state index contributed by atoms with van der Waals surface area (Å²) in [5, 5.41) is -2.29. The maximum atomic E-state index is 10.1. The first-order chi connectivity index (χ1) is 40.0. The SMILES string of the molecule is [2H]c1c([2H])c([2H])c(-c2c([2H])c([2H])c(N(c3c([2H])c([2H])c(-c4c([2H])c([2H])c([2H])c([2H])c4[2H])c([2H])c3[2H])c3c([2H])c([2H])c4c([2H])c([2H])c([2H])c5c4c3-c3c([2H])c(-c4c([2H])c([2H])c([2H])c([2H])c4[2H])c([2H])c([2H])c3C5(C([2H])([2H])[2H])C([2H])([2H])[2H])c([2H])c2[2H])c([2H])c1[2H]. The highest BCUT2D eigenvalue weighted by Gasteiger charge is 2.35. The van der Waals surface area contributed by atoms with E-state index >= 15 is 0 Å². The van der Waals surface area contributed by atoms with Crippen molar-refractivity contribution in [3.8, 4) is 44.5 Å². The second kappa shape index (κ2) is 12.1. The number of fused-ring (bicyclic) bond motifs is 2. The lowest BCUT2D eigenvalue weighted by atomic mass is 9.67. The Balaban J connectivity index is 1.68. The first-order valence-electron chi connectivity index (χ1n) is 32.9. The van der Waals surface area contributed by atoms with E-state index in [0.717, 1.165) is 0 Å². The van der Waals surface area contributed by atoms with Crippen molar-refractivity contribution in [3.05, 3.63) is 198 Å². The average molecular weight is 677 g/mol. The fourth-order valence-corrected chi connectivity index (χ4v) is 5.42. The Morgan fingerprint density at radius 2 is 0.940 bits per heavy atom. The zero-order chi connectivity index (χ0) is 65.6. The summed E-state index contributed by atoms with van der Waals surface area (Å²) in [7, 11) is 0. The molecule has 1 heteroatoms. The summed E-state index contributed by atoms with van der Waals surface area (Å²) in [5.74, 6) is 0. The van der Waals surface area contributed by atoms with Crippen LogP contribution in [0.15, 0.2) is 187 Å². The van der Waals surface area contributed by atoms with Crippen molar-refractivity contribution in [1.82, 2.24) is 0 Å². The Hall–Kier alpha value is -6.18. The summed E-state index contributed by atoms with van der Waals surface area (Å²) in [5.41, 5.74) is -19.9. The van der Waals surface area contributed by atoms with E-state index in [-0.39, 0.29) is 4.90 Å². The molecule has 0 saturated carbocycles. The van der Waals surface area contributed by atoms with Crippen molar-refractivity contribution in [2.24, 2.45) is 0 Å². The van der Waals surface area contributed by atoms with Crippen molar-refractivity contribution in [1.29, 1.82) is 0 Å². The van der Waals surface area contributed by atoms with E-state index in [9.17, 15) is 20.6 Å². The van der Waals surface area contributed by atoms with Gasteiger partial charge >= 0.3 is 0 Å². The van der Waals surface area contributed by atoms with Crippen molar-refractivity contribution in [3.63, 3.8) is 0 Å². The molecule has 0 spiro atoms. The molecule has 1 aliphatic rings. The monoisotopic (exact) mass is 677 g/mol. The van der Waals surface area contributed by atoms with Gasteiger partial charge in [0.1, 0.15) is 0 Å². The largest absolute Gasteiger partial charge is 0.310 e. The highest BCUT2D eigenvalue weighted by atomic mass is 15.1. The van der Waals surface area contributed by atoms with Crippen LogP contribution < -0.4 is 4.90 Å². The number of benzene rings is 8. The molecular weight excluding hydrogens is 603 g/mol. The molecule has 0 atom stereocenters. The Kier molecular flexibility index (Phi) is 2.46. The van der Waals surface area contributed by atoms with Crippen LogP contribution in [0.4, 0.5) is 17.1 Å². The molecule has 0 aliphatic heterocycles. The van der Waals surface area contributed by atoms with Gasteiger partial charge in [-0.25, -0.2) is 0 Å². The van der Waals surface area contributed by atoms with Gasteiger partial charge in [0, 0.05) is 30.6 Å². The third kappa shape index (κ3) is 5.02. The molecular formula is C49H37N. The van der Waals surface area contributed by atoms with Crippen LogP contribution in [0.3, 0.4) is 0 Å². The highest BCUT2D eigenvalue weighted by Crippen LogP contribution is 2.54. The Morgan fingerprint density at radius 1 is 0.440 bits per heavy atom. The summed E-state index contributed by atoms with van der Waals surface area (Å²) < 4.78 is 336. The van der Waals surface area contributed by atoms with Gasteiger partial charge in [-0.15, -0.1) is 0 Å². The van der Waals surface area contributed by atoms with Gasteiger partial charge in [-0.3, -0.25) is 0 Å². The van der Waals surface area contributed by atoms with Gasteiger partial charge in [0.15, 0.2) is 0 Å². The zero-order valence-electron chi connectivity index (χ0n) is 61.9. The molecule has 50 heavy (non-hydrogen) atoms. The summed E-state index contributed by atoms with van der Waals surface area (Å²) in [6.07, 6.45) is 0. The van der Waals surface area contributed by atoms with E-state index in [1.807, 2.05) is 0 Å². The van der Waals surface area contributed by atoms with Crippen LogP contribution in [0.5, 0.6) is 0 Å². The zero-order valence-corrected chi connectivity index (χ0v) is 24.9. The summed E-state index contributed by atoms with van der Waals surface area (Å²) in [4.78, 5) is 0.170. The number of rotatable bonds is 6. The van der Waals surface area contributed by atoms with Crippen LogP contribution in [0, 0.1) is 0 Å². The van der Waals surface area contributed by atoms with Gasteiger partial charge in [-0.1, -0.05) is 165 Å². The van der Waals surface area contributed by atoms with Crippen molar-refractivity contribution >= 4 is 27.8 Å². The Labute approximate surface area is 346 Å². The maximum absolute atomic E-state index is 10.1. The molecule has 0 amide bonds. The molecule has 0 radical (unpaired) electrons. The van der Waals surface area contributed by atoms with Crippen LogP contribution in [-0.2, 0) is 5.41 Å². The lowest BCUT2D eigenvalue weighted by molar-refractivity contribution is 0.645. The lowest BCUT2D eigenvalue weighted by Gasteiger charge is -2.38. The summed E-state index contributed by atoms with van der Waals surface area (Å²) in [6, 6.07) is -38.7. The standard InChI is InChI=1S/C49H37N/c1-49(2)44-31-25-40(36-17-10-5-11-18-36)33-43(44)48-46(32-26-39-19-12-20-45(49)47(39)48)50(41-27-21-37(22-28-41)34-13-6-3-7-14-34)42-29-23-38(24-30-42)35-15-8-4-9-16-35/h3-33H,1-2H3/i1D3,2D3,3D,4D,5D,6D,7D,8D,9D,10D,11D,12D,13D,14D,15D,16D,17D,18D,19D,20D,21D,22D,23D,24D,25D,26D,27D,28D,29D,30D,31D,32D,33D. The van der Waals surface area contributed by atoms with E-state index in [4.69, 9.17) is 30.2 Å². The molecule has 8 aromatic rings. The first kappa shape index (κ1) is 10.2. The van der Waals surface area contributed by atoms with E-state index in [2.05, 4.69) is 0 Å². The predicted molar refractivity (Wildman–Crippen MR) is 213 cm³/mol. The topological polar surface area (TPSA) is 3.24 Å². The fraction of sp³-hybridized carbons (Fsp3) is 0.0612. The van der Waals surface area contributed by atoms with Crippen molar-refractivity contribution in [2.45, 2.75) is 19.1 Å². The number of hydrogen-bond acceptors (Lipinski definition) is 1. The molecule has 0 aromatic heterocycles. The molecule has 1 nitrogen and oxygen atoms in total. The lowest BCUT2D eigenvalue weighted by Crippen LogP contribution is -2.24. The summed E-state index contributed by atoms with van der Waals surface area (Å²) in [6.45, 7) is -8.41. The van der Waals surface area contributed by atoms with Gasteiger partial charge in [-0.05, 0) is 97.1 Å². The first-order valence-corrected chi connectivity index (χ1v) is 14.4. The highest BCUT2D eigenvalue weighted by molar-refractivity contribution is 6.10. The molecule has 0 saturated heterocycles. The fourth-order valence-electron chi connectivity index (χ4n) is 5.42. The predicted octanol–water partition coefficient (Wildman–Crippen LogP) is 13.6. The van der Waals surface area contributed by atoms with Gasteiger partial charge < -0.3 is 4.90 Å². The Morgan fingerprint density at radius 3 is 1.48 bits per heavy atom. The maximum Gasteiger partial charge on any atom is 0.0645 e. The molecule has 0 heterocycles. The number of hydrogen-bond donors (Lipinski definition) is 0. The van der Waals surface area contributed by atoms with Crippen LogP contribution in [0.1, 0.15) is 75.5 Å². The molecule has 238 valence electrons. The number of anilines is 3. The van der Waals surface area contributed by atoms with E-state index in [1.165, 1.54) is 0 Å². The van der Waals surface area contributed by atoms with Crippen LogP contribution in [0.25, 0.3) is 55.3 Å². The number of nitrogens with zero attached hydrogens (tertiary/aromatic N) is 1. The van der Waals surface area contributed by atoms with Gasteiger partial charge in [-0.2, -0.15) is 0 Å². The third-order valence-corrected chi connectivity index (χ3v) is 7.62. The van der Waals surface area contributed by atoms with Crippen LogP contribution in [0.2, 0.25) is 0 Å². The second-order valence-electron chi connectivity index (χ2n) is 10.5. The third-order valence-electron chi connectivity index (χ3n) is 7.62. The molecule has 9 rings (SSSR count). The van der Waals surface area contributed by atoms with E-state index in [1.54, 1.807) is 0 Å².